The standard InChI is InChI=1S/C7H14O4/c1-2-4(8)7-5(9)3-6(10)11-7/h4-10H,2-3H2,1H3/t4-,5+,6-,7?/m0/s1. The predicted octanol–water partition coefficient (Wildman–Crippen LogP) is -0.775. The molecular formula is C7H14O4. The van der Waals surface area contributed by atoms with Crippen LogP contribution in [0.5, 0.6) is 0 Å². The van der Waals surface area contributed by atoms with Crippen molar-refractivity contribution in [2.75, 3.05) is 0 Å². The Bertz CT molecular complexity index is 124. The first-order valence-electron chi connectivity index (χ1n) is 3.84. The average Bonchev–Trinajstić information content (AvgIpc) is 2.28. The number of aliphatic hydroxyl groups is 3. The lowest BCUT2D eigenvalue weighted by molar-refractivity contribution is -0.129. The molecule has 1 aliphatic rings. The molecule has 0 aromatic heterocycles. The molecule has 66 valence electrons. The third kappa shape index (κ3) is 1.90. The van der Waals surface area contributed by atoms with Crippen molar-refractivity contribution < 1.29 is 20.1 Å². The van der Waals surface area contributed by atoms with Crippen molar-refractivity contribution >= 4 is 0 Å². The summed E-state index contributed by atoms with van der Waals surface area (Å²) < 4.78 is 4.88. The molecule has 4 nitrogen and oxygen atoms in total. The van der Waals surface area contributed by atoms with Crippen LogP contribution in [0.2, 0.25) is 0 Å². The van der Waals surface area contributed by atoms with E-state index < -0.39 is 24.6 Å². The van der Waals surface area contributed by atoms with Crippen molar-refractivity contribution in [3.8, 4) is 0 Å². The first-order chi connectivity index (χ1) is 5.15. The molecule has 0 spiro atoms. The van der Waals surface area contributed by atoms with Gasteiger partial charge in [0.2, 0.25) is 0 Å². The van der Waals surface area contributed by atoms with Gasteiger partial charge in [-0.05, 0) is 6.42 Å². The lowest BCUT2D eigenvalue weighted by Gasteiger charge is -2.18. The lowest BCUT2D eigenvalue weighted by atomic mass is 10.1. The van der Waals surface area contributed by atoms with Crippen LogP contribution in [-0.4, -0.2) is 39.9 Å². The highest BCUT2D eigenvalue weighted by molar-refractivity contribution is 4.82. The Balaban J connectivity index is 2.45. The highest BCUT2D eigenvalue weighted by Gasteiger charge is 2.36. The topological polar surface area (TPSA) is 69.9 Å². The minimum Gasteiger partial charge on any atom is -0.390 e. The molecule has 0 aromatic rings. The van der Waals surface area contributed by atoms with E-state index in [4.69, 9.17) is 9.84 Å². The van der Waals surface area contributed by atoms with Gasteiger partial charge in [-0.2, -0.15) is 0 Å². The van der Waals surface area contributed by atoms with Crippen molar-refractivity contribution in [1.29, 1.82) is 0 Å². The zero-order valence-corrected chi connectivity index (χ0v) is 6.47. The second-order valence-corrected chi connectivity index (χ2v) is 2.83. The molecule has 3 N–H and O–H groups in total. The SMILES string of the molecule is CC[C@H](O)C1O[C@H](O)C[C@H]1O. The van der Waals surface area contributed by atoms with Gasteiger partial charge >= 0.3 is 0 Å². The van der Waals surface area contributed by atoms with Crippen LogP contribution in [0.25, 0.3) is 0 Å². The Morgan fingerprint density at radius 2 is 2.18 bits per heavy atom. The summed E-state index contributed by atoms with van der Waals surface area (Å²) in [6, 6.07) is 0. The van der Waals surface area contributed by atoms with Crippen LogP contribution in [0.1, 0.15) is 19.8 Å². The summed E-state index contributed by atoms with van der Waals surface area (Å²) in [7, 11) is 0. The molecule has 1 unspecified atom stereocenters. The molecule has 1 rings (SSSR count). The van der Waals surface area contributed by atoms with E-state index in [1.807, 2.05) is 0 Å². The molecular weight excluding hydrogens is 148 g/mol. The van der Waals surface area contributed by atoms with E-state index in [1.54, 1.807) is 6.92 Å². The van der Waals surface area contributed by atoms with Crippen LogP contribution in [0.4, 0.5) is 0 Å². The number of rotatable bonds is 2. The fraction of sp³-hybridized carbons (Fsp3) is 1.00. The van der Waals surface area contributed by atoms with Gasteiger partial charge in [-0.25, -0.2) is 0 Å². The van der Waals surface area contributed by atoms with Crippen molar-refractivity contribution in [1.82, 2.24) is 0 Å². The minimum atomic E-state index is -0.920. The Kier molecular flexibility index (Phi) is 2.84. The summed E-state index contributed by atoms with van der Waals surface area (Å²) in [5, 5.41) is 27.4. The molecule has 0 saturated carbocycles. The second-order valence-electron chi connectivity index (χ2n) is 2.83. The highest BCUT2D eigenvalue weighted by atomic mass is 16.6. The van der Waals surface area contributed by atoms with Gasteiger partial charge in [0.1, 0.15) is 6.10 Å². The minimum absolute atomic E-state index is 0.196. The number of aliphatic hydroxyl groups excluding tert-OH is 3. The molecule has 0 bridgehead atoms. The number of hydrogen-bond donors (Lipinski definition) is 3. The Hall–Kier alpha value is -0.160. The van der Waals surface area contributed by atoms with Crippen molar-refractivity contribution in [3.63, 3.8) is 0 Å². The first-order valence-corrected chi connectivity index (χ1v) is 3.84. The molecule has 1 aliphatic heterocycles. The molecule has 4 atom stereocenters. The molecule has 0 aliphatic carbocycles. The Morgan fingerprint density at radius 3 is 2.55 bits per heavy atom. The number of hydrogen-bond acceptors (Lipinski definition) is 4. The van der Waals surface area contributed by atoms with E-state index in [0.29, 0.717) is 6.42 Å². The zero-order chi connectivity index (χ0) is 8.43. The summed E-state index contributed by atoms with van der Waals surface area (Å²) in [5.74, 6) is 0. The predicted molar refractivity (Wildman–Crippen MR) is 37.8 cm³/mol. The Labute approximate surface area is 65.4 Å². The van der Waals surface area contributed by atoms with Crippen LogP contribution in [-0.2, 0) is 4.74 Å². The van der Waals surface area contributed by atoms with Crippen LogP contribution >= 0.6 is 0 Å². The average molecular weight is 162 g/mol. The molecule has 0 radical (unpaired) electrons. The van der Waals surface area contributed by atoms with Gasteiger partial charge < -0.3 is 20.1 Å². The first kappa shape index (κ1) is 8.93. The van der Waals surface area contributed by atoms with E-state index in [1.165, 1.54) is 0 Å². The van der Waals surface area contributed by atoms with Crippen LogP contribution < -0.4 is 0 Å². The largest absolute Gasteiger partial charge is 0.390 e. The molecule has 0 aromatic carbocycles. The van der Waals surface area contributed by atoms with Gasteiger partial charge in [0.05, 0.1) is 12.2 Å². The van der Waals surface area contributed by atoms with Crippen LogP contribution in [0, 0.1) is 0 Å². The quantitative estimate of drug-likeness (QED) is 0.498. The van der Waals surface area contributed by atoms with E-state index in [-0.39, 0.29) is 6.42 Å². The monoisotopic (exact) mass is 162 g/mol. The van der Waals surface area contributed by atoms with Gasteiger partial charge in [0, 0.05) is 6.42 Å². The molecule has 11 heavy (non-hydrogen) atoms. The third-order valence-corrected chi connectivity index (χ3v) is 1.93. The summed E-state index contributed by atoms with van der Waals surface area (Å²) in [6.07, 6.45) is -2.23. The smallest absolute Gasteiger partial charge is 0.157 e. The molecule has 1 fully saturated rings. The van der Waals surface area contributed by atoms with Crippen LogP contribution in [0.3, 0.4) is 0 Å². The summed E-state index contributed by atoms with van der Waals surface area (Å²) in [6.45, 7) is 1.80. The van der Waals surface area contributed by atoms with E-state index in [0.717, 1.165) is 0 Å². The number of ether oxygens (including phenoxy) is 1. The van der Waals surface area contributed by atoms with Crippen molar-refractivity contribution in [3.05, 3.63) is 0 Å². The molecule has 4 heteroatoms. The summed E-state index contributed by atoms with van der Waals surface area (Å²) in [4.78, 5) is 0. The fourth-order valence-corrected chi connectivity index (χ4v) is 1.25. The zero-order valence-electron chi connectivity index (χ0n) is 6.47. The summed E-state index contributed by atoms with van der Waals surface area (Å²) >= 11 is 0. The summed E-state index contributed by atoms with van der Waals surface area (Å²) in [5.41, 5.74) is 0. The van der Waals surface area contributed by atoms with Gasteiger partial charge in [0.25, 0.3) is 0 Å². The normalized spacial score (nSPS) is 40.9. The Morgan fingerprint density at radius 1 is 1.55 bits per heavy atom. The van der Waals surface area contributed by atoms with Crippen LogP contribution in [0.15, 0.2) is 0 Å². The third-order valence-electron chi connectivity index (χ3n) is 1.93. The van der Waals surface area contributed by atoms with Gasteiger partial charge in [-0.3, -0.25) is 0 Å². The fourth-order valence-electron chi connectivity index (χ4n) is 1.25. The maximum atomic E-state index is 9.25. The highest BCUT2D eigenvalue weighted by Crippen LogP contribution is 2.22. The van der Waals surface area contributed by atoms with Crippen molar-refractivity contribution in [2.24, 2.45) is 0 Å². The second kappa shape index (κ2) is 3.49. The van der Waals surface area contributed by atoms with E-state index >= 15 is 0 Å². The van der Waals surface area contributed by atoms with Gasteiger partial charge in [-0.1, -0.05) is 6.92 Å². The lowest BCUT2D eigenvalue weighted by Crippen LogP contribution is -2.33. The molecule has 0 amide bonds. The van der Waals surface area contributed by atoms with E-state index in [9.17, 15) is 10.2 Å². The maximum Gasteiger partial charge on any atom is 0.157 e. The van der Waals surface area contributed by atoms with E-state index in [2.05, 4.69) is 0 Å². The van der Waals surface area contributed by atoms with Gasteiger partial charge in [-0.15, -0.1) is 0 Å². The van der Waals surface area contributed by atoms with Gasteiger partial charge in [0.15, 0.2) is 6.29 Å². The van der Waals surface area contributed by atoms with Crippen molar-refractivity contribution in [2.45, 2.75) is 44.4 Å². The molecule has 1 saturated heterocycles. The maximum absolute atomic E-state index is 9.25. The molecule has 1 heterocycles.